The summed E-state index contributed by atoms with van der Waals surface area (Å²) in [7, 11) is 0. The van der Waals surface area contributed by atoms with Crippen LogP contribution in [0.2, 0.25) is 0 Å². The zero-order valence-corrected chi connectivity index (χ0v) is 17.3. The number of fused-ring (bicyclic) bond motifs is 1. The highest BCUT2D eigenvalue weighted by Gasteiger charge is 2.22. The lowest BCUT2D eigenvalue weighted by molar-refractivity contribution is -0.142. The van der Waals surface area contributed by atoms with E-state index >= 15 is 0 Å². The summed E-state index contributed by atoms with van der Waals surface area (Å²) in [5.74, 6) is -0.113. The molecule has 0 saturated carbocycles. The van der Waals surface area contributed by atoms with Gasteiger partial charge in [0.25, 0.3) is 0 Å². The van der Waals surface area contributed by atoms with E-state index in [1.165, 1.54) is 72.9 Å². The van der Waals surface area contributed by atoms with E-state index in [2.05, 4.69) is 31.7 Å². The molecule has 0 fully saturated rings. The van der Waals surface area contributed by atoms with E-state index in [0.717, 1.165) is 19.5 Å². The number of carbonyl (C=O) groups is 1. The molecule has 0 aromatic heterocycles. The molecule has 0 bridgehead atoms. The van der Waals surface area contributed by atoms with Crippen LogP contribution in [0.4, 0.5) is 5.69 Å². The van der Waals surface area contributed by atoms with Crippen LogP contribution in [0.1, 0.15) is 81.0 Å². The summed E-state index contributed by atoms with van der Waals surface area (Å²) in [4.78, 5) is 14.5. The molecule has 0 aliphatic carbocycles. The average molecular weight is 360 g/mol. The Kier molecular flexibility index (Phi) is 8.47. The molecule has 0 amide bonds. The number of anilines is 1. The van der Waals surface area contributed by atoms with Gasteiger partial charge in [-0.15, -0.1) is 0 Å². The van der Waals surface area contributed by atoms with Crippen molar-refractivity contribution in [2.45, 2.75) is 85.5 Å². The first-order valence-corrected chi connectivity index (χ1v) is 10.6. The maximum absolute atomic E-state index is 12.0. The van der Waals surface area contributed by atoms with Gasteiger partial charge in [0.2, 0.25) is 0 Å². The summed E-state index contributed by atoms with van der Waals surface area (Å²) in [6.07, 6.45) is 10.8. The molecular formula is C23H37NO2. The van der Waals surface area contributed by atoms with Crippen LogP contribution in [0.15, 0.2) is 6.07 Å². The predicted molar refractivity (Wildman–Crippen MR) is 110 cm³/mol. The molecule has 1 aromatic rings. The quantitative estimate of drug-likeness (QED) is 0.407. The number of esters is 1. The third-order valence-corrected chi connectivity index (χ3v) is 5.65. The molecule has 0 radical (unpaired) electrons. The molecular weight excluding hydrogens is 322 g/mol. The van der Waals surface area contributed by atoms with Gasteiger partial charge >= 0.3 is 5.97 Å². The fourth-order valence-corrected chi connectivity index (χ4v) is 4.16. The van der Waals surface area contributed by atoms with Crippen molar-refractivity contribution < 1.29 is 9.53 Å². The van der Waals surface area contributed by atoms with Gasteiger partial charge in [-0.2, -0.15) is 0 Å². The molecule has 0 unspecified atom stereocenters. The van der Waals surface area contributed by atoms with Crippen LogP contribution >= 0.6 is 0 Å². The first-order chi connectivity index (χ1) is 12.6. The van der Waals surface area contributed by atoms with Crippen molar-refractivity contribution in [3.63, 3.8) is 0 Å². The monoisotopic (exact) mass is 359 g/mol. The lowest BCUT2D eigenvalue weighted by Crippen LogP contribution is -2.31. The van der Waals surface area contributed by atoms with E-state index in [-0.39, 0.29) is 5.97 Å². The van der Waals surface area contributed by atoms with E-state index in [1.54, 1.807) is 0 Å². The van der Waals surface area contributed by atoms with Crippen LogP contribution in [-0.2, 0) is 22.4 Å². The molecule has 1 aliphatic rings. The zero-order chi connectivity index (χ0) is 18.9. The van der Waals surface area contributed by atoms with Gasteiger partial charge in [-0.3, -0.25) is 4.79 Å². The van der Waals surface area contributed by atoms with Gasteiger partial charge in [-0.25, -0.2) is 0 Å². The van der Waals surface area contributed by atoms with Crippen molar-refractivity contribution in [3.8, 4) is 0 Å². The van der Waals surface area contributed by atoms with Gasteiger partial charge < -0.3 is 9.64 Å². The molecule has 3 heteroatoms. The molecule has 3 nitrogen and oxygen atoms in total. The molecule has 1 heterocycles. The number of unbranched alkanes of at least 4 members (excludes halogenated alkanes) is 5. The lowest BCUT2D eigenvalue weighted by Gasteiger charge is -2.34. The summed E-state index contributed by atoms with van der Waals surface area (Å²) < 4.78 is 5.17. The predicted octanol–water partition coefficient (Wildman–Crippen LogP) is 5.52. The van der Waals surface area contributed by atoms with Gasteiger partial charge in [-0.05, 0) is 68.4 Å². The molecule has 1 aliphatic heterocycles. The lowest BCUT2D eigenvalue weighted by atomic mass is 9.89. The van der Waals surface area contributed by atoms with E-state index < -0.39 is 0 Å². The van der Waals surface area contributed by atoms with Gasteiger partial charge in [-0.1, -0.05) is 39.0 Å². The normalized spacial score (nSPS) is 13.6. The van der Waals surface area contributed by atoms with Gasteiger partial charge in [0.05, 0.1) is 13.0 Å². The Morgan fingerprint density at radius 1 is 1.12 bits per heavy atom. The van der Waals surface area contributed by atoms with Crippen molar-refractivity contribution >= 4 is 11.7 Å². The molecule has 146 valence electrons. The van der Waals surface area contributed by atoms with Crippen molar-refractivity contribution in [2.75, 3.05) is 24.6 Å². The number of rotatable bonds is 10. The standard InChI is InChI=1S/C23H37NO2/c1-5-7-8-9-10-11-14-24-15-12-13-20-19(4)21(17-23(25)26-6-2)18(3)16-22(20)24/h16H,5-15,17H2,1-4H3. The smallest absolute Gasteiger partial charge is 0.310 e. The van der Waals surface area contributed by atoms with Crippen molar-refractivity contribution in [2.24, 2.45) is 0 Å². The molecule has 2 rings (SSSR count). The minimum Gasteiger partial charge on any atom is -0.466 e. The Balaban J connectivity index is 2.05. The van der Waals surface area contributed by atoms with Crippen LogP contribution in [0, 0.1) is 13.8 Å². The zero-order valence-electron chi connectivity index (χ0n) is 17.3. The second kappa shape index (κ2) is 10.6. The third kappa shape index (κ3) is 5.49. The number of carbonyl (C=O) groups excluding carboxylic acids is 1. The number of hydrogen-bond acceptors (Lipinski definition) is 3. The minimum atomic E-state index is -0.113. The van der Waals surface area contributed by atoms with Gasteiger partial charge in [0.15, 0.2) is 0 Å². The summed E-state index contributed by atoms with van der Waals surface area (Å²) in [6, 6.07) is 2.31. The molecule has 1 aromatic carbocycles. The fourth-order valence-electron chi connectivity index (χ4n) is 4.16. The Morgan fingerprint density at radius 3 is 2.58 bits per heavy atom. The van der Waals surface area contributed by atoms with E-state index in [4.69, 9.17) is 4.74 Å². The summed E-state index contributed by atoms with van der Waals surface area (Å²) >= 11 is 0. The van der Waals surface area contributed by atoms with Gasteiger partial charge in [0, 0.05) is 18.8 Å². The van der Waals surface area contributed by atoms with Crippen molar-refractivity contribution in [3.05, 3.63) is 28.3 Å². The summed E-state index contributed by atoms with van der Waals surface area (Å²) in [5.41, 5.74) is 6.56. The summed E-state index contributed by atoms with van der Waals surface area (Å²) in [5, 5.41) is 0. The maximum Gasteiger partial charge on any atom is 0.310 e. The number of ether oxygens (including phenoxy) is 1. The first kappa shape index (κ1) is 20.8. The Morgan fingerprint density at radius 2 is 1.85 bits per heavy atom. The van der Waals surface area contributed by atoms with Crippen LogP contribution in [0.25, 0.3) is 0 Å². The van der Waals surface area contributed by atoms with Crippen LogP contribution < -0.4 is 4.90 Å². The number of hydrogen-bond donors (Lipinski definition) is 0. The Labute approximate surface area is 160 Å². The number of aryl methyl sites for hydroxylation is 1. The van der Waals surface area contributed by atoms with E-state index in [0.29, 0.717) is 13.0 Å². The topological polar surface area (TPSA) is 29.5 Å². The maximum atomic E-state index is 12.0. The highest BCUT2D eigenvalue weighted by Crippen LogP contribution is 2.34. The number of nitrogens with zero attached hydrogens (tertiary/aromatic N) is 1. The third-order valence-electron chi connectivity index (χ3n) is 5.65. The van der Waals surface area contributed by atoms with E-state index in [1.807, 2.05) is 6.92 Å². The molecule has 0 saturated heterocycles. The van der Waals surface area contributed by atoms with Crippen LogP contribution in [-0.4, -0.2) is 25.7 Å². The molecule has 0 spiro atoms. The average Bonchev–Trinajstić information content (AvgIpc) is 2.62. The van der Waals surface area contributed by atoms with Crippen molar-refractivity contribution in [1.29, 1.82) is 0 Å². The Hall–Kier alpha value is -1.51. The second-order valence-electron chi connectivity index (χ2n) is 7.63. The molecule has 0 atom stereocenters. The molecule has 26 heavy (non-hydrogen) atoms. The van der Waals surface area contributed by atoms with Crippen LogP contribution in [0.5, 0.6) is 0 Å². The SMILES string of the molecule is CCCCCCCCN1CCCc2c1cc(C)c(CC(=O)OCC)c2C. The second-order valence-corrected chi connectivity index (χ2v) is 7.63. The number of benzene rings is 1. The summed E-state index contributed by atoms with van der Waals surface area (Å²) in [6.45, 7) is 11.2. The van der Waals surface area contributed by atoms with Crippen LogP contribution in [0.3, 0.4) is 0 Å². The molecule has 0 N–H and O–H groups in total. The minimum absolute atomic E-state index is 0.113. The first-order valence-electron chi connectivity index (χ1n) is 10.6. The fraction of sp³-hybridized carbons (Fsp3) is 0.696. The Bertz CT molecular complexity index is 594. The van der Waals surface area contributed by atoms with Gasteiger partial charge in [0.1, 0.15) is 0 Å². The largest absolute Gasteiger partial charge is 0.466 e. The van der Waals surface area contributed by atoms with Crippen molar-refractivity contribution in [1.82, 2.24) is 0 Å². The highest BCUT2D eigenvalue weighted by atomic mass is 16.5. The van der Waals surface area contributed by atoms with E-state index in [9.17, 15) is 4.79 Å². The highest BCUT2D eigenvalue weighted by molar-refractivity contribution is 5.75.